The van der Waals surface area contributed by atoms with Gasteiger partial charge in [-0.2, -0.15) is 0 Å². The summed E-state index contributed by atoms with van der Waals surface area (Å²) in [6.07, 6.45) is 1.46. The van der Waals surface area contributed by atoms with Crippen LogP contribution in [0.1, 0.15) is 46.1 Å². The van der Waals surface area contributed by atoms with Gasteiger partial charge >= 0.3 is 6.09 Å². The van der Waals surface area contributed by atoms with E-state index in [1.165, 1.54) is 0 Å². The molecule has 1 unspecified atom stereocenters. The summed E-state index contributed by atoms with van der Waals surface area (Å²) >= 11 is 5.93. The fourth-order valence-corrected chi connectivity index (χ4v) is 3.03. The Morgan fingerprint density at radius 1 is 1.39 bits per heavy atom. The van der Waals surface area contributed by atoms with Gasteiger partial charge in [-0.15, -0.1) is 0 Å². The van der Waals surface area contributed by atoms with Crippen LogP contribution in [0, 0.1) is 0 Å². The largest absolute Gasteiger partial charge is 0.444 e. The molecule has 23 heavy (non-hydrogen) atoms. The molecule has 4 nitrogen and oxygen atoms in total. The van der Waals surface area contributed by atoms with E-state index in [1.54, 1.807) is 4.90 Å². The Kier molecular flexibility index (Phi) is 5.27. The number of likely N-dealkylation sites (tertiary alicyclic amines) is 1. The normalized spacial score (nSPS) is 25.3. The van der Waals surface area contributed by atoms with Crippen LogP contribution in [0.15, 0.2) is 24.3 Å². The number of aliphatic hydroxyl groups is 1. The average molecular weight is 340 g/mol. The fourth-order valence-electron chi connectivity index (χ4n) is 2.90. The second-order valence-electron chi connectivity index (χ2n) is 7.61. The highest BCUT2D eigenvalue weighted by atomic mass is 35.5. The summed E-state index contributed by atoms with van der Waals surface area (Å²) in [6.45, 7) is 7.91. The molecular formula is C18H26ClNO3. The van der Waals surface area contributed by atoms with E-state index in [9.17, 15) is 9.90 Å². The van der Waals surface area contributed by atoms with Gasteiger partial charge in [-0.3, -0.25) is 0 Å². The third-order valence-corrected chi connectivity index (χ3v) is 4.27. The quantitative estimate of drug-likeness (QED) is 0.884. The van der Waals surface area contributed by atoms with Crippen LogP contribution in [0.4, 0.5) is 4.79 Å². The predicted octanol–water partition coefficient (Wildman–Crippen LogP) is 4.03. The van der Waals surface area contributed by atoms with Gasteiger partial charge in [-0.05, 0) is 64.7 Å². The van der Waals surface area contributed by atoms with Gasteiger partial charge in [0.05, 0.1) is 5.60 Å². The van der Waals surface area contributed by atoms with E-state index in [2.05, 4.69) is 0 Å². The van der Waals surface area contributed by atoms with Crippen molar-refractivity contribution in [2.24, 2.45) is 0 Å². The number of rotatable bonds is 2. The molecule has 2 rings (SSSR count). The first-order chi connectivity index (χ1) is 10.6. The van der Waals surface area contributed by atoms with E-state index in [0.717, 1.165) is 5.56 Å². The molecule has 2 atom stereocenters. The van der Waals surface area contributed by atoms with Crippen molar-refractivity contribution in [3.8, 4) is 0 Å². The molecule has 0 bridgehead atoms. The van der Waals surface area contributed by atoms with E-state index in [-0.39, 0.29) is 12.1 Å². The summed E-state index contributed by atoms with van der Waals surface area (Å²) in [5.41, 5.74) is -0.192. The number of hydrogen-bond acceptors (Lipinski definition) is 3. The molecule has 1 heterocycles. The number of halogens is 1. The minimum Gasteiger partial charge on any atom is -0.444 e. The zero-order valence-corrected chi connectivity index (χ0v) is 15.1. The highest BCUT2D eigenvalue weighted by molar-refractivity contribution is 6.30. The molecule has 1 amide bonds. The van der Waals surface area contributed by atoms with Gasteiger partial charge in [0.1, 0.15) is 5.60 Å². The molecule has 0 aliphatic carbocycles. The maximum absolute atomic E-state index is 12.5. The van der Waals surface area contributed by atoms with E-state index in [4.69, 9.17) is 16.3 Å². The predicted molar refractivity (Wildman–Crippen MR) is 91.7 cm³/mol. The highest BCUT2D eigenvalue weighted by Gasteiger charge is 2.38. The number of carbonyl (C=O) groups is 1. The Morgan fingerprint density at radius 2 is 2.00 bits per heavy atom. The second kappa shape index (κ2) is 6.70. The molecule has 0 aromatic heterocycles. The summed E-state index contributed by atoms with van der Waals surface area (Å²) in [4.78, 5) is 14.2. The lowest BCUT2D eigenvalue weighted by Crippen LogP contribution is -2.53. The van der Waals surface area contributed by atoms with Gasteiger partial charge in [0, 0.05) is 17.6 Å². The lowest BCUT2D eigenvalue weighted by Gasteiger charge is -2.42. The topological polar surface area (TPSA) is 49.8 Å². The van der Waals surface area contributed by atoms with E-state index >= 15 is 0 Å². The first kappa shape index (κ1) is 18.1. The van der Waals surface area contributed by atoms with Crippen molar-refractivity contribution >= 4 is 17.7 Å². The van der Waals surface area contributed by atoms with Gasteiger partial charge in [0.25, 0.3) is 0 Å². The van der Waals surface area contributed by atoms with Gasteiger partial charge in [-0.25, -0.2) is 4.79 Å². The molecule has 0 saturated carbocycles. The number of benzene rings is 1. The molecule has 0 spiro atoms. The standard InChI is InChI=1S/C18H26ClNO3/c1-17(2,3)23-16(21)20-10-9-18(4,22)12-15(20)11-13-5-7-14(19)8-6-13/h5-8,15,22H,9-12H2,1-4H3/t15-,18?/m0/s1. The molecule has 1 saturated heterocycles. The number of carbonyl (C=O) groups excluding carboxylic acids is 1. The van der Waals surface area contributed by atoms with Crippen molar-refractivity contribution in [2.75, 3.05) is 6.54 Å². The Hall–Kier alpha value is -1.26. The van der Waals surface area contributed by atoms with Crippen LogP contribution >= 0.6 is 11.6 Å². The van der Waals surface area contributed by atoms with Crippen molar-refractivity contribution < 1.29 is 14.6 Å². The van der Waals surface area contributed by atoms with Crippen LogP contribution in [-0.4, -0.2) is 39.9 Å². The second-order valence-corrected chi connectivity index (χ2v) is 8.05. The minimum absolute atomic E-state index is 0.0882. The van der Waals surface area contributed by atoms with E-state index in [0.29, 0.717) is 30.8 Å². The van der Waals surface area contributed by atoms with Crippen LogP contribution in [0.5, 0.6) is 0 Å². The van der Waals surface area contributed by atoms with E-state index < -0.39 is 11.2 Å². The van der Waals surface area contributed by atoms with Gasteiger partial charge in [0.15, 0.2) is 0 Å². The Balaban J connectivity index is 2.15. The number of nitrogens with zero attached hydrogens (tertiary/aromatic N) is 1. The smallest absolute Gasteiger partial charge is 0.410 e. The molecule has 1 aromatic carbocycles. The summed E-state index contributed by atoms with van der Waals surface area (Å²) in [7, 11) is 0. The summed E-state index contributed by atoms with van der Waals surface area (Å²) in [5, 5.41) is 11.1. The van der Waals surface area contributed by atoms with Crippen LogP contribution in [-0.2, 0) is 11.2 Å². The zero-order valence-electron chi connectivity index (χ0n) is 14.3. The zero-order chi connectivity index (χ0) is 17.3. The molecule has 1 aliphatic heterocycles. The van der Waals surface area contributed by atoms with E-state index in [1.807, 2.05) is 52.0 Å². The van der Waals surface area contributed by atoms with Crippen molar-refractivity contribution in [2.45, 2.75) is 64.2 Å². The fraction of sp³-hybridized carbons (Fsp3) is 0.611. The number of hydrogen-bond donors (Lipinski definition) is 1. The highest BCUT2D eigenvalue weighted by Crippen LogP contribution is 2.30. The first-order valence-corrected chi connectivity index (χ1v) is 8.40. The van der Waals surface area contributed by atoms with Crippen molar-refractivity contribution in [3.05, 3.63) is 34.9 Å². The van der Waals surface area contributed by atoms with Crippen LogP contribution in [0.25, 0.3) is 0 Å². The molecule has 0 radical (unpaired) electrons. The molecule has 1 fully saturated rings. The molecule has 1 aliphatic rings. The lowest BCUT2D eigenvalue weighted by atomic mass is 9.85. The van der Waals surface area contributed by atoms with Crippen LogP contribution in [0.2, 0.25) is 5.02 Å². The number of piperidine rings is 1. The van der Waals surface area contributed by atoms with Gasteiger partial charge < -0.3 is 14.7 Å². The maximum Gasteiger partial charge on any atom is 0.410 e. The molecule has 5 heteroatoms. The molecular weight excluding hydrogens is 314 g/mol. The SMILES string of the molecule is CC1(O)CCN(C(=O)OC(C)(C)C)[C@@H](Cc2ccc(Cl)cc2)C1. The molecule has 128 valence electrons. The Morgan fingerprint density at radius 3 is 2.57 bits per heavy atom. The number of amides is 1. The summed E-state index contributed by atoms with van der Waals surface area (Å²) in [6, 6.07) is 7.51. The summed E-state index contributed by atoms with van der Waals surface area (Å²) < 4.78 is 5.52. The monoisotopic (exact) mass is 339 g/mol. The third kappa shape index (κ3) is 5.40. The summed E-state index contributed by atoms with van der Waals surface area (Å²) in [5.74, 6) is 0. The van der Waals surface area contributed by atoms with Crippen LogP contribution in [0.3, 0.4) is 0 Å². The molecule has 1 aromatic rings. The van der Waals surface area contributed by atoms with Crippen molar-refractivity contribution in [1.82, 2.24) is 4.90 Å². The van der Waals surface area contributed by atoms with Crippen molar-refractivity contribution in [3.63, 3.8) is 0 Å². The maximum atomic E-state index is 12.5. The third-order valence-electron chi connectivity index (χ3n) is 4.02. The van der Waals surface area contributed by atoms with Crippen LogP contribution < -0.4 is 0 Å². The first-order valence-electron chi connectivity index (χ1n) is 8.02. The average Bonchev–Trinajstić information content (AvgIpc) is 2.38. The lowest BCUT2D eigenvalue weighted by molar-refractivity contribution is -0.0440. The Labute approximate surface area is 143 Å². The molecule has 1 N–H and O–H groups in total. The van der Waals surface area contributed by atoms with Gasteiger partial charge in [-0.1, -0.05) is 23.7 Å². The van der Waals surface area contributed by atoms with Gasteiger partial charge in [0.2, 0.25) is 0 Å². The minimum atomic E-state index is -0.754. The Bertz CT molecular complexity index is 548. The number of ether oxygens (including phenoxy) is 1. The van der Waals surface area contributed by atoms with Crippen molar-refractivity contribution in [1.29, 1.82) is 0 Å².